The second-order valence-electron chi connectivity index (χ2n) is 5.22. The molecule has 0 saturated carbocycles. The number of nitrogens with one attached hydrogen (secondary N) is 2. The van der Waals surface area contributed by atoms with Gasteiger partial charge in [-0.1, -0.05) is 20.3 Å². The third-order valence-corrected chi connectivity index (χ3v) is 3.84. The van der Waals surface area contributed by atoms with Gasteiger partial charge in [-0.3, -0.25) is 4.79 Å². The number of carboxylic acids is 1. The number of hydrogen-bond acceptors (Lipinski definition) is 3. The number of hydrogen-bond donors (Lipinski definition) is 3. The Morgan fingerprint density at radius 1 is 1.45 bits per heavy atom. The number of anilines is 1. The van der Waals surface area contributed by atoms with E-state index in [1.165, 1.54) is 0 Å². The molecule has 5 nitrogen and oxygen atoms in total. The van der Waals surface area contributed by atoms with Gasteiger partial charge in [0, 0.05) is 17.8 Å². The molecule has 1 amide bonds. The second kappa shape index (κ2) is 5.94. The lowest BCUT2D eigenvalue weighted by Gasteiger charge is -2.20. The molecule has 1 unspecified atom stereocenters. The summed E-state index contributed by atoms with van der Waals surface area (Å²) in [7, 11) is 0. The average molecular weight is 276 g/mol. The van der Waals surface area contributed by atoms with Crippen LogP contribution in [0.5, 0.6) is 0 Å². The third-order valence-electron chi connectivity index (χ3n) is 3.84. The van der Waals surface area contributed by atoms with Crippen LogP contribution in [0.25, 0.3) is 0 Å². The zero-order chi connectivity index (χ0) is 14.7. The Kier molecular flexibility index (Phi) is 4.27. The minimum absolute atomic E-state index is 0.104. The van der Waals surface area contributed by atoms with Crippen LogP contribution in [-0.4, -0.2) is 29.6 Å². The van der Waals surface area contributed by atoms with E-state index in [2.05, 4.69) is 10.6 Å². The van der Waals surface area contributed by atoms with Crippen LogP contribution in [-0.2, 0) is 11.2 Å². The first-order chi connectivity index (χ1) is 9.52. The van der Waals surface area contributed by atoms with Crippen molar-refractivity contribution in [1.82, 2.24) is 5.32 Å². The Morgan fingerprint density at radius 2 is 2.20 bits per heavy atom. The second-order valence-corrected chi connectivity index (χ2v) is 5.22. The molecule has 1 aromatic rings. The highest BCUT2D eigenvalue weighted by atomic mass is 16.4. The molecule has 0 fully saturated rings. The zero-order valence-corrected chi connectivity index (χ0v) is 11.8. The van der Waals surface area contributed by atoms with Crippen LogP contribution < -0.4 is 10.6 Å². The lowest BCUT2D eigenvalue weighted by atomic mass is 9.98. The fraction of sp³-hybridized carbons (Fsp3) is 0.467. The minimum Gasteiger partial charge on any atom is -0.480 e. The summed E-state index contributed by atoms with van der Waals surface area (Å²) >= 11 is 0. The maximum atomic E-state index is 12.2. The van der Waals surface area contributed by atoms with Gasteiger partial charge >= 0.3 is 5.97 Å². The van der Waals surface area contributed by atoms with Crippen LogP contribution in [0.1, 0.15) is 36.2 Å². The number of amides is 1. The summed E-state index contributed by atoms with van der Waals surface area (Å²) in [5.41, 5.74) is 2.67. The normalized spacial score (nSPS) is 15.9. The number of carbonyl (C=O) groups is 2. The molecule has 5 heteroatoms. The number of carbonyl (C=O) groups excluding carboxylic acids is 1. The van der Waals surface area contributed by atoms with Crippen molar-refractivity contribution in [3.05, 3.63) is 29.3 Å². The molecule has 1 aromatic carbocycles. The van der Waals surface area contributed by atoms with Gasteiger partial charge in [0.25, 0.3) is 5.91 Å². The Labute approximate surface area is 118 Å². The Bertz CT molecular complexity index is 528. The van der Waals surface area contributed by atoms with Crippen LogP contribution in [0.4, 0.5) is 5.69 Å². The Morgan fingerprint density at radius 3 is 2.85 bits per heavy atom. The van der Waals surface area contributed by atoms with Crippen molar-refractivity contribution >= 4 is 17.6 Å². The molecule has 2 rings (SSSR count). The molecule has 0 aromatic heterocycles. The minimum atomic E-state index is -0.990. The number of aliphatic carboxylic acids is 1. The van der Waals surface area contributed by atoms with E-state index in [1.54, 1.807) is 6.07 Å². The first-order valence-corrected chi connectivity index (χ1v) is 6.93. The SMILES string of the molecule is CCC(C)[C@H](NC(=O)c1ccc2c(c1)CCN2)C(=O)O. The fourth-order valence-corrected chi connectivity index (χ4v) is 2.35. The predicted octanol–water partition coefficient (Wildman–Crippen LogP) is 1.88. The largest absolute Gasteiger partial charge is 0.480 e. The quantitative estimate of drug-likeness (QED) is 0.767. The van der Waals surface area contributed by atoms with Crippen molar-refractivity contribution in [2.24, 2.45) is 5.92 Å². The van der Waals surface area contributed by atoms with E-state index in [0.29, 0.717) is 12.0 Å². The molecule has 2 atom stereocenters. The molecule has 3 N–H and O–H groups in total. The van der Waals surface area contributed by atoms with Crippen molar-refractivity contribution < 1.29 is 14.7 Å². The van der Waals surface area contributed by atoms with Gasteiger partial charge < -0.3 is 15.7 Å². The van der Waals surface area contributed by atoms with E-state index < -0.39 is 12.0 Å². The van der Waals surface area contributed by atoms with Crippen LogP contribution in [0.2, 0.25) is 0 Å². The number of benzene rings is 1. The van der Waals surface area contributed by atoms with Crippen molar-refractivity contribution in [1.29, 1.82) is 0 Å². The van der Waals surface area contributed by atoms with Gasteiger partial charge in [-0.25, -0.2) is 4.79 Å². The fourth-order valence-electron chi connectivity index (χ4n) is 2.35. The monoisotopic (exact) mass is 276 g/mol. The number of carboxylic acid groups (broad SMARTS) is 1. The molecule has 0 saturated heterocycles. The maximum absolute atomic E-state index is 12.2. The van der Waals surface area contributed by atoms with Gasteiger partial charge in [-0.2, -0.15) is 0 Å². The lowest BCUT2D eigenvalue weighted by Crippen LogP contribution is -2.45. The van der Waals surface area contributed by atoms with E-state index in [4.69, 9.17) is 0 Å². The van der Waals surface area contributed by atoms with Gasteiger partial charge in [0.05, 0.1) is 0 Å². The molecular weight excluding hydrogens is 256 g/mol. The summed E-state index contributed by atoms with van der Waals surface area (Å²) in [6, 6.07) is 4.58. The lowest BCUT2D eigenvalue weighted by molar-refractivity contribution is -0.140. The van der Waals surface area contributed by atoms with Crippen LogP contribution in [0, 0.1) is 5.92 Å². The van der Waals surface area contributed by atoms with Crippen LogP contribution in [0.3, 0.4) is 0 Å². The molecular formula is C15H20N2O3. The van der Waals surface area contributed by atoms with E-state index in [-0.39, 0.29) is 11.8 Å². The van der Waals surface area contributed by atoms with Crippen molar-refractivity contribution in [2.75, 3.05) is 11.9 Å². The highest BCUT2D eigenvalue weighted by molar-refractivity contribution is 5.97. The molecule has 0 radical (unpaired) electrons. The van der Waals surface area contributed by atoms with Gasteiger partial charge in [-0.05, 0) is 36.1 Å². The highest BCUT2D eigenvalue weighted by Crippen LogP contribution is 2.23. The topological polar surface area (TPSA) is 78.4 Å². The van der Waals surface area contributed by atoms with Crippen molar-refractivity contribution in [3.8, 4) is 0 Å². The number of rotatable bonds is 5. The molecule has 1 heterocycles. The summed E-state index contributed by atoms with van der Waals surface area (Å²) in [5.74, 6) is -1.42. The van der Waals surface area contributed by atoms with Crippen LogP contribution in [0.15, 0.2) is 18.2 Å². The van der Waals surface area contributed by atoms with E-state index in [1.807, 2.05) is 26.0 Å². The Hall–Kier alpha value is -2.04. The molecule has 20 heavy (non-hydrogen) atoms. The molecule has 0 aliphatic carbocycles. The van der Waals surface area contributed by atoms with Gasteiger partial charge in [0.1, 0.15) is 6.04 Å². The van der Waals surface area contributed by atoms with Gasteiger partial charge in [0.2, 0.25) is 0 Å². The van der Waals surface area contributed by atoms with Crippen molar-refractivity contribution in [3.63, 3.8) is 0 Å². The molecule has 1 aliphatic heterocycles. The summed E-state index contributed by atoms with van der Waals surface area (Å²) < 4.78 is 0. The third kappa shape index (κ3) is 2.92. The average Bonchev–Trinajstić information content (AvgIpc) is 2.90. The molecule has 0 bridgehead atoms. The summed E-state index contributed by atoms with van der Waals surface area (Å²) in [6.45, 7) is 4.62. The van der Waals surface area contributed by atoms with Crippen molar-refractivity contribution in [2.45, 2.75) is 32.7 Å². The van der Waals surface area contributed by atoms with E-state index in [9.17, 15) is 14.7 Å². The van der Waals surface area contributed by atoms with Gasteiger partial charge in [0.15, 0.2) is 0 Å². The Balaban J connectivity index is 2.12. The van der Waals surface area contributed by atoms with Crippen LogP contribution >= 0.6 is 0 Å². The molecule has 0 spiro atoms. The van der Waals surface area contributed by atoms with Gasteiger partial charge in [-0.15, -0.1) is 0 Å². The number of fused-ring (bicyclic) bond motifs is 1. The summed E-state index contributed by atoms with van der Waals surface area (Å²) in [5, 5.41) is 15.0. The zero-order valence-electron chi connectivity index (χ0n) is 11.8. The molecule has 108 valence electrons. The first kappa shape index (κ1) is 14.4. The smallest absolute Gasteiger partial charge is 0.326 e. The maximum Gasteiger partial charge on any atom is 0.326 e. The standard InChI is InChI=1S/C15H20N2O3/c1-3-9(2)13(15(19)20)17-14(18)11-4-5-12-10(8-11)6-7-16-12/h4-5,8-9,13,16H,3,6-7H2,1-2H3,(H,17,18)(H,19,20)/t9?,13-/m0/s1. The first-order valence-electron chi connectivity index (χ1n) is 6.93. The summed E-state index contributed by atoms with van der Waals surface area (Å²) in [6.07, 6.45) is 1.59. The highest BCUT2D eigenvalue weighted by Gasteiger charge is 2.26. The summed E-state index contributed by atoms with van der Waals surface area (Å²) in [4.78, 5) is 23.4. The van der Waals surface area contributed by atoms with E-state index >= 15 is 0 Å². The predicted molar refractivity (Wildman–Crippen MR) is 77.0 cm³/mol. The molecule has 1 aliphatic rings. The van der Waals surface area contributed by atoms with E-state index in [0.717, 1.165) is 24.2 Å².